The van der Waals surface area contributed by atoms with E-state index in [9.17, 15) is 0 Å². The summed E-state index contributed by atoms with van der Waals surface area (Å²) in [6, 6.07) is 57.0. The minimum atomic E-state index is 0.607. The van der Waals surface area contributed by atoms with E-state index in [1.807, 2.05) is 60.7 Å². The van der Waals surface area contributed by atoms with Crippen LogP contribution in [0.25, 0.3) is 99.5 Å². The molecule has 0 spiro atoms. The zero-order valence-electron chi connectivity index (χ0n) is 26.3. The van der Waals surface area contributed by atoms with Crippen molar-refractivity contribution in [1.29, 1.82) is 0 Å². The molecule has 0 amide bonds. The third kappa shape index (κ3) is 4.49. The molecule has 4 heteroatoms. The van der Waals surface area contributed by atoms with Crippen molar-refractivity contribution >= 4 is 54.3 Å². The number of benzene rings is 8. The van der Waals surface area contributed by atoms with Gasteiger partial charge in [-0.15, -0.1) is 0 Å². The summed E-state index contributed by atoms with van der Waals surface area (Å²) >= 11 is 0. The normalized spacial score (nSPS) is 11.7. The molecule has 0 N–H and O–H groups in total. The van der Waals surface area contributed by atoms with Crippen molar-refractivity contribution in [1.82, 2.24) is 15.0 Å². The van der Waals surface area contributed by atoms with Gasteiger partial charge in [-0.3, -0.25) is 0 Å². The Morgan fingerprint density at radius 1 is 0.327 bits per heavy atom. The first kappa shape index (κ1) is 27.5. The second-order valence-corrected chi connectivity index (χ2v) is 12.4. The van der Waals surface area contributed by atoms with Crippen LogP contribution in [0.4, 0.5) is 0 Å². The Labute approximate surface area is 282 Å². The van der Waals surface area contributed by atoms with Gasteiger partial charge in [0, 0.05) is 27.5 Å². The first-order valence-electron chi connectivity index (χ1n) is 16.4. The Hall–Kier alpha value is -6.65. The van der Waals surface area contributed by atoms with Crippen LogP contribution in [0.1, 0.15) is 0 Å². The lowest BCUT2D eigenvalue weighted by molar-refractivity contribution is 0.669. The minimum Gasteiger partial charge on any atom is -0.456 e. The molecular weight excluding hydrogens is 599 g/mol. The molecule has 0 saturated carbocycles. The van der Waals surface area contributed by atoms with Gasteiger partial charge < -0.3 is 4.42 Å². The fourth-order valence-electron chi connectivity index (χ4n) is 7.23. The monoisotopic (exact) mass is 625 g/mol. The summed E-state index contributed by atoms with van der Waals surface area (Å²) in [6.45, 7) is 0. The predicted molar refractivity (Wildman–Crippen MR) is 201 cm³/mol. The Morgan fingerprint density at radius 2 is 0.918 bits per heavy atom. The molecule has 49 heavy (non-hydrogen) atoms. The van der Waals surface area contributed by atoms with Gasteiger partial charge in [-0.1, -0.05) is 146 Å². The third-order valence-electron chi connectivity index (χ3n) is 9.53. The number of para-hydroxylation sites is 1. The van der Waals surface area contributed by atoms with E-state index in [4.69, 9.17) is 19.4 Å². The molecule has 0 aliphatic heterocycles. The largest absolute Gasteiger partial charge is 0.456 e. The average Bonchev–Trinajstić information content (AvgIpc) is 3.56. The van der Waals surface area contributed by atoms with Crippen molar-refractivity contribution in [3.63, 3.8) is 0 Å². The minimum absolute atomic E-state index is 0.607. The molecule has 10 rings (SSSR count). The summed E-state index contributed by atoms with van der Waals surface area (Å²) in [5.74, 6) is 1.86. The highest BCUT2D eigenvalue weighted by atomic mass is 16.3. The number of fused-ring (bicyclic) bond motifs is 7. The van der Waals surface area contributed by atoms with Gasteiger partial charge >= 0.3 is 0 Å². The summed E-state index contributed by atoms with van der Waals surface area (Å²) in [4.78, 5) is 15.4. The Balaban J connectivity index is 1.18. The maximum absolute atomic E-state index is 6.23. The average molecular weight is 626 g/mol. The molecule has 0 aliphatic rings. The number of rotatable bonds is 4. The molecule has 0 radical (unpaired) electrons. The summed E-state index contributed by atoms with van der Waals surface area (Å²) in [5.41, 5.74) is 6.78. The van der Waals surface area contributed by atoms with Crippen molar-refractivity contribution in [3.8, 4) is 45.3 Å². The molecule has 8 aromatic carbocycles. The van der Waals surface area contributed by atoms with Crippen LogP contribution in [0.15, 0.2) is 168 Å². The van der Waals surface area contributed by atoms with Crippen LogP contribution in [0.3, 0.4) is 0 Å². The quantitative estimate of drug-likeness (QED) is 0.183. The number of hydrogen-bond acceptors (Lipinski definition) is 4. The standard InChI is InChI=1S/C45H27N3O/c1-2-12-29(13-3-1)43-46-44(48-45(47-43)39-20-10-22-41-42(39)38-15-6-7-21-40(38)49-41)37-19-9-17-35-33(16-8-18-36(35)37)31-25-26-34-30(27-31)24-23-28-11-4-5-14-32(28)34/h1-27H. The highest BCUT2D eigenvalue weighted by molar-refractivity contribution is 6.12. The number of hydrogen-bond donors (Lipinski definition) is 0. The van der Waals surface area contributed by atoms with Crippen LogP contribution < -0.4 is 0 Å². The van der Waals surface area contributed by atoms with Gasteiger partial charge in [0.25, 0.3) is 0 Å². The smallest absolute Gasteiger partial charge is 0.164 e. The molecule has 0 fully saturated rings. The van der Waals surface area contributed by atoms with Crippen molar-refractivity contribution in [3.05, 3.63) is 164 Å². The maximum Gasteiger partial charge on any atom is 0.164 e. The molecule has 0 unspecified atom stereocenters. The summed E-state index contributed by atoms with van der Waals surface area (Å²) in [5, 5.41) is 9.27. The molecule has 0 atom stereocenters. The van der Waals surface area contributed by atoms with Gasteiger partial charge in [0.15, 0.2) is 17.5 Å². The molecule has 4 nitrogen and oxygen atoms in total. The lowest BCUT2D eigenvalue weighted by Crippen LogP contribution is -2.01. The van der Waals surface area contributed by atoms with Crippen molar-refractivity contribution in [2.75, 3.05) is 0 Å². The van der Waals surface area contributed by atoms with Crippen molar-refractivity contribution < 1.29 is 4.42 Å². The second-order valence-electron chi connectivity index (χ2n) is 12.4. The van der Waals surface area contributed by atoms with Crippen LogP contribution >= 0.6 is 0 Å². The van der Waals surface area contributed by atoms with Gasteiger partial charge in [-0.2, -0.15) is 0 Å². The van der Waals surface area contributed by atoms with Crippen LogP contribution in [0, 0.1) is 0 Å². The molecule has 0 saturated heterocycles. The highest BCUT2D eigenvalue weighted by Gasteiger charge is 2.19. The molecule has 10 aromatic rings. The summed E-state index contributed by atoms with van der Waals surface area (Å²) in [7, 11) is 0. The van der Waals surface area contributed by atoms with Crippen LogP contribution in [-0.2, 0) is 0 Å². The molecule has 0 aliphatic carbocycles. The highest BCUT2D eigenvalue weighted by Crippen LogP contribution is 2.39. The first-order valence-corrected chi connectivity index (χ1v) is 16.4. The van der Waals surface area contributed by atoms with E-state index < -0.39 is 0 Å². The second kappa shape index (κ2) is 11.0. The fourth-order valence-corrected chi connectivity index (χ4v) is 7.23. The van der Waals surface area contributed by atoms with Gasteiger partial charge in [0.05, 0.1) is 0 Å². The van der Waals surface area contributed by atoms with Crippen molar-refractivity contribution in [2.24, 2.45) is 0 Å². The Kier molecular flexibility index (Phi) is 6.15. The van der Waals surface area contributed by atoms with E-state index in [0.717, 1.165) is 49.4 Å². The SMILES string of the molecule is c1ccc(-c2nc(-c3cccc4c(-c5ccc6c(ccc7ccccc76)c5)cccc34)nc(-c3cccc4oc5ccccc5c34)n2)cc1. The topological polar surface area (TPSA) is 51.8 Å². The maximum atomic E-state index is 6.23. The Morgan fingerprint density at radius 3 is 1.80 bits per heavy atom. The van der Waals surface area contributed by atoms with Gasteiger partial charge in [-0.05, 0) is 61.6 Å². The van der Waals surface area contributed by atoms with E-state index in [1.54, 1.807) is 0 Å². The van der Waals surface area contributed by atoms with E-state index >= 15 is 0 Å². The summed E-state index contributed by atoms with van der Waals surface area (Å²) < 4.78 is 6.23. The number of nitrogens with zero attached hydrogens (tertiary/aromatic N) is 3. The Bertz CT molecular complexity index is 2890. The van der Waals surface area contributed by atoms with E-state index in [1.165, 1.54) is 32.7 Å². The number of aromatic nitrogens is 3. The summed E-state index contributed by atoms with van der Waals surface area (Å²) in [6.07, 6.45) is 0. The molecule has 2 heterocycles. The fraction of sp³-hybridized carbons (Fsp3) is 0. The lowest BCUT2D eigenvalue weighted by atomic mass is 9.93. The zero-order chi connectivity index (χ0) is 32.3. The predicted octanol–water partition coefficient (Wildman–Crippen LogP) is 11.9. The van der Waals surface area contributed by atoms with Gasteiger partial charge in [0.2, 0.25) is 0 Å². The molecule has 2 aromatic heterocycles. The molecular formula is C45H27N3O. The van der Waals surface area contributed by atoms with Crippen LogP contribution in [0.5, 0.6) is 0 Å². The first-order chi connectivity index (χ1) is 24.3. The van der Waals surface area contributed by atoms with E-state index in [2.05, 4.69) is 103 Å². The molecule has 228 valence electrons. The van der Waals surface area contributed by atoms with Crippen LogP contribution in [0.2, 0.25) is 0 Å². The van der Waals surface area contributed by atoms with E-state index in [-0.39, 0.29) is 0 Å². The van der Waals surface area contributed by atoms with Crippen molar-refractivity contribution in [2.45, 2.75) is 0 Å². The van der Waals surface area contributed by atoms with Gasteiger partial charge in [-0.25, -0.2) is 15.0 Å². The van der Waals surface area contributed by atoms with E-state index in [0.29, 0.717) is 17.5 Å². The zero-order valence-corrected chi connectivity index (χ0v) is 26.3. The molecule has 0 bridgehead atoms. The third-order valence-corrected chi connectivity index (χ3v) is 9.53. The lowest BCUT2D eigenvalue weighted by Gasteiger charge is -2.13. The number of furan rings is 1. The van der Waals surface area contributed by atoms with Gasteiger partial charge in [0.1, 0.15) is 11.2 Å². The van der Waals surface area contributed by atoms with Crippen LogP contribution in [-0.4, -0.2) is 15.0 Å².